The number of nitrogens with one attached hydrogen (secondary N) is 1. The van der Waals surface area contributed by atoms with E-state index in [0.717, 1.165) is 24.5 Å². The van der Waals surface area contributed by atoms with E-state index in [9.17, 15) is 0 Å². The minimum Gasteiger partial charge on any atom is -0.310 e. The molecule has 0 atom stereocenters. The van der Waals surface area contributed by atoms with Crippen LogP contribution >= 0.6 is 12.2 Å². The van der Waals surface area contributed by atoms with Gasteiger partial charge in [0.1, 0.15) is 19.4 Å². The van der Waals surface area contributed by atoms with Gasteiger partial charge in [-0.25, -0.2) is 0 Å². The van der Waals surface area contributed by atoms with Crippen LogP contribution in [0.1, 0.15) is 11.1 Å². The summed E-state index contributed by atoms with van der Waals surface area (Å²) in [5.74, 6) is 0. The molecule has 1 N–H and O–H groups in total. The van der Waals surface area contributed by atoms with Gasteiger partial charge in [-0.15, -0.1) is 0 Å². The fourth-order valence-corrected chi connectivity index (χ4v) is 2.84. The summed E-state index contributed by atoms with van der Waals surface area (Å²) in [6, 6.07) is 21.1. The van der Waals surface area contributed by atoms with E-state index in [1.54, 1.807) is 6.33 Å². The first-order chi connectivity index (χ1) is 11.2. The van der Waals surface area contributed by atoms with Crippen LogP contribution in [0.5, 0.6) is 0 Å². The normalized spacial score (nSPS) is 11.0. The fourth-order valence-electron chi connectivity index (χ4n) is 2.68. The molecule has 1 aromatic heterocycles. The smallest absolute Gasteiger partial charge is 0.202 e. The van der Waals surface area contributed by atoms with Crippen LogP contribution in [0.4, 0.5) is 0 Å². The van der Waals surface area contributed by atoms with Crippen molar-refractivity contribution < 1.29 is 4.90 Å². The second-order valence-electron chi connectivity index (χ2n) is 5.76. The maximum absolute atomic E-state index is 5.42. The Morgan fingerprint density at radius 1 is 0.913 bits per heavy atom. The lowest BCUT2D eigenvalue weighted by Gasteiger charge is -2.19. The van der Waals surface area contributed by atoms with E-state index in [-0.39, 0.29) is 0 Å². The quantitative estimate of drug-likeness (QED) is 0.704. The first-order valence-corrected chi connectivity index (χ1v) is 8.13. The van der Waals surface area contributed by atoms with Gasteiger partial charge < -0.3 is 9.47 Å². The summed E-state index contributed by atoms with van der Waals surface area (Å²) in [6.45, 7) is 2.63. The largest absolute Gasteiger partial charge is 0.310 e. The van der Waals surface area contributed by atoms with E-state index < -0.39 is 0 Å². The lowest BCUT2D eigenvalue weighted by atomic mass is 10.2. The van der Waals surface area contributed by atoms with Gasteiger partial charge in [0.15, 0.2) is 6.67 Å². The Morgan fingerprint density at radius 3 is 1.87 bits per heavy atom. The highest BCUT2D eigenvalue weighted by Crippen LogP contribution is 1.99. The molecule has 0 aliphatic heterocycles. The summed E-state index contributed by atoms with van der Waals surface area (Å²) in [5, 5.41) is 4.39. The Bertz CT molecular complexity index is 751. The summed E-state index contributed by atoms with van der Waals surface area (Å²) in [5.41, 5.74) is 2.64. The van der Waals surface area contributed by atoms with Crippen molar-refractivity contribution in [2.24, 2.45) is 7.05 Å². The lowest BCUT2D eigenvalue weighted by molar-refractivity contribution is -0.950. The van der Waals surface area contributed by atoms with Crippen molar-refractivity contribution in [3.63, 3.8) is 0 Å². The van der Waals surface area contributed by atoms with Gasteiger partial charge in [-0.2, -0.15) is 9.78 Å². The zero-order valence-electron chi connectivity index (χ0n) is 13.2. The van der Waals surface area contributed by atoms with Crippen LogP contribution in [0.2, 0.25) is 0 Å². The van der Waals surface area contributed by atoms with Crippen LogP contribution in [0.3, 0.4) is 0 Å². The van der Waals surface area contributed by atoms with Gasteiger partial charge in [0.25, 0.3) is 0 Å². The van der Waals surface area contributed by atoms with Crippen molar-refractivity contribution in [2.45, 2.75) is 19.8 Å². The fraction of sp³-hybridized carbons (Fsp3) is 0.222. The molecule has 0 spiro atoms. The highest BCUT2D eigenvalue weighted by atomic mass is 32.1. The molecule has 23 heavy (non-hydrogen) atoms. The third-order valence-electron chi connectivity index (χ3n) is 3.85. The molecule has 2 aromatic carbocycles. The molecule has 0 saturated carbocycles. The van der Waals surface area contributed by atoms with E-state index in [1.807, 2.05) is 16.3 Å². The molecule has 0 bridgehead atoms. The first-order valence-electron chi connectivity index (χ1n) is 7.72. The maximum atomic E-state index is 5.42. The van der Waals surface area contributed by atoms with E-state index in [1.165, 1.54) is 16.0 Å². The highest BCUT2D eigenvalue weighted by Gasteiger charge is 2.13. The SMILES string of the molecule is Cn1cnn(C[NH+](Cc2ccccc2)Cc2ccccc2)c1=S. The molecule has 118 valence electrons. The molecule has 3 rings (SSSR count). The third kappa shape index (κ3) is 4.15. The lowest BCUT2D eigenvalue weighted by Crippen LogP contribution is -3.08. The highest BCUT2D eigenvalue weighted by molar-refractivity contribution is 7.71. The van der Waals surface area contributed by atoms with E-state index >= 15 is 0 Å². The van der Waals surface area contributed by atoms with Crippen LogP contribution in [-0.4, -0.2) is 14.3 Å². The Labute approximate surface area is 141 Å². The van der Waals surface area contributed by atoms with E-state index in [0.29, 0.717) is 0 Å². The molecule has 1 heterocycles. The maximum Gasteiger partial charge on any atom is 0.202 e. The topological polar surface area (TPSA) is 27.2 Å². The second-order valence-corrected chi connectivity index (χ2v) is 6.12. The van der Waals surface area contributed by atoms with Crippen LogP contribution in [0.15, 0.2) is 67.0 Å². The van der Waals surface area contributed by atoms with Crippen molar-refractivity contribution in [2.75, 3.05) is 0 Å². The molecule has 3 aromatic rings. The van der Waals surface area contributed by atoms with Crippen LogP contribution in [0, 0.1) is 4.77 Å². The molecule has 0 unspecified atom stereocenters. The predicted octanol–water partition coefficient (Wildman–Crippen LogP) is 2.19. The van der Waals surface area contributed by atoms with Gasteiger partial charge in [-0.05, 0) is 12.2 Å². The Kier molecular flexibility index (Phi) is 5.00. The standard InChI is InChI=1S/C18H20N4S/c1-20-14-19-22(18(20)23)15-21(12-16-8-4-2-5-9-16)13-17-10-6-3-7-11-17/h2-11,14H,12-13,15H2,1H3/p+1. The zero-order valence-corrected chi connectivity index (χ0v) is 14.0. The first kappa shape index (κ1) is 15.6. The molecule has 0 radical (unpaired) electrons. The van der Waals surface area contributed by atoms with E-state index in [2.05, 4.69) is 65.8 Å². The average Bonchev–Trinajstić information content (AvgIpc) is 2.89. The number of hydrogen-bond donors (Lipinski definition) is 1. The van der Waals surface area contributed by atoms with Gasteiger partial charge in [0.2, 0.25) is 4.77 Å². The molecule has 0 aliphatic carbocycles. The number of hydrogen-bond acceptors (Lipinski definition) is 2. The molecule has 0 amide bonds. The number of aryl methyl sites for hydroxylation is 1. The number of quaternary nitrogens is 1. The van der Waals surface area contributed by atoms with Crippen molar-refractivity contribution in [1.29, 1.82) is 0 Å². The van der Waals surface area contributed by atoms with Gasteiger partial charge in [-0.3, -0.25) is 0 Å². The number of rotatable bonds is 6. The zero-order chi connectivity index (χ0) is 16.1. The van der Waals surface area contributed by atoms with E-state index in [4.69, 9.17) is 12.2 Å². The summed E-state index contributed by atoms with van der Waals surface area (Å²) in [4.78, 5) is 1.40. The van der Waals surface area contributed by atoms with Gasteiger partial charge in [0.05, 0.1) is 0 Å². The number of nitrogens with zero attached hydrogens (tertiary/aromatic N) is 3. The molecular weight excluding hydrogens is 304 g/mol. The Morgan fingerprint density at radius 2 is 1.43 bits per heavy atom. The molecule has 0 aliphatic rings. The van der Waals surface area contributed by atoms with Gasteiger partial charge in [-0.1, -0.05) is 60.7 Å². The number of benzene rings is 2. The minimum atomic E-state index is 0.753. The van der Waals surface area contributed by atoms with Gasteiger partial charge in [0, 0.05) is 18.2 Å². The second kappa shape index (κ2) is 7.35. The molecule has 0 fully saturated rings. The summed E-state index contributed by atoms with van der Waals surface area (Å²) >= 11 is 5.42. The monoisotopic (exact) mass is 325 g/mol. The summed E-state index contributed by atoms with van der Waals surface area (Å²) in [7, 11) is 1.93. The Balaban J connectivity index is 1.80. The van der Waals surface area contributed by atoms with Crippen LogP contribution in [-0.2, 0) is 26.8 Å². The molecule has 4 nitrogen and oxygen atoms in total. The van der Waals surface area contributed by atoms with Gasteiger partial charge >= 0.3 is 0 Å². The minimum absolute atomic E-state index is 0.753. The van der Waals surface area contributed by atoms with Crippen molar-refractivity contribution >= 4 is 12.2 Å². The van der Waals surface area contributed by atoms with Crippen molar-refractivity contribution in [3.8, 4) is 0 Å². The van der Waals surface area contributed by atoms with Crippen LogP contribution in [0.25, 0.3) is 0 Å². The third-order valence-corrected chi connectivity index (χ3v) is 4.35. The Hall–Kier alpha value is -2.24. The summed E-state index contributed by atoms with van der Waals surface area (Å²) < 4.78 is 4.53. The van der Waals surface area contributed by atoms with Crippen molar-refractivity contribution in [3.05, 3.63) is 82.9 Å². The molecule has 0 saturated heterocycles. The molecular formula is C18H21N4S+. The number of aromatic nitrogens is 3. The van der Waals surface area contributed by atoms with Crippen molar-refractivity contribution in [1.82, 2.24) is 14.3 Å². The van der Waals surface area contributed by atoms with Crippen LogP contribution < -0.4 is 4.90 Å². The summed E-state index contributed by atoms with van der Waals surface area (Å²) in [6.07, 6.45) is 1.77. The predicted molar refractivity (Wildman–Crippen MR) is 93.3 cm³/mol. The average molecular weight is 325 g/mol. The molecule has 5 heteroatoms.